The summed E-state index contributed by atoms with van der Waals surface area (Å²) < 4.78 is 0. The molecule has 1 fully saturated rings. The lowest BCUT2D eigenvalue weighted by atomic mass is 9.86. The second-order valence-electron chi connectivity index (χ2n) is 5.40. The molecule has 0 spiro atoms. The molecule has 1 amide bonds. The van der Waals surface area contributed by atoms with E-state index in [1.165, 1.54) is 19.3 Å². The summed E-state index contributed by atoms with van der Waals surface area (Å²) in [5.74, 6) is 0.511. The molecule has 0 bridgehead atoms. The Kier molecular flexibility index (Phi) is 4.61. The quantitative estimate of drug-likeness (QED) is 0.341. The van der Waals surface area contributed by atoms with Crippen LogP contribution in [0, 0.1) is 5.92 Å². The van der Waals surface area contributed by atoms with Crippen LogP contribution in [0.4, 0.5) is 0 Å². The Morgan fingerprint density at radius 3 is 2.45 bits per heavy atom. The summed E-state index contributed by atoms with van der Waals surface area (Å²) in [5, 5.41) is 14.6. The van der Waals surface area contributed by atoms with Gasteiger partial charge in [-0.3, -0.25) is 4.79 Å². The van der Waals surface area contributed by atoms with Crippen LogP contribution in [0.25, 0.3) is 0 Å². The van der Waals surface area contributed by atoms with Gasteiger partial charge in [0.25, 0.3) is 5.91 Å². The predicted octanol–water partition coefficient (Wildman–Crippen LogP) is 2.09. The molecule has 5 heteroatoms. The van der Waals surface area contributed by atoms with Gasteiger partial charge in [-0.25, -0.2) is 0 Å². The Hall–Kier alpha value is -2.04. The molecule has 1 aliphatic rings. The van der Waals surface area contributed by atoms with Gasteiger partial charge in [-0.1, -0.05) is 37.1 Å². The second kappa shape index (κ2) is 6.41. The van der Waals surface area contributed by atoms with Gasteiger partial charge < -0.3 is 16.3 Å². The summed E-state index contributed by atoms with van der Waals surface area (Å²) in [7, 11) is 0. The zero-order chi connectivity index (χ0) is 14.5. The maximum Gasteiger partial charge on any atom is 0.251 e. The maximum absolute atomic E-state index is 12.2. The minimum Gasteiger partial charge on any atom is -0.409 e. The lowest BCUT2D eigenvalue weighted by Crippen LogP contribution is -2.41. The van der Waals surface area contributed by atoms with E-state index in [9.17, 15) is 4.79 Å². The number of hydrogen-bond donors (Lipinski definition) is 3. The largest absolute Gasteiger partial charge is 0.409 e. The van der Waals surface area contributed by atoms with E-state index in [4.69, 9.17) is 10.9 Å². The number of amides is 1. The number of nitrogens with two attached hydrogens (primary N) is 1. The molecule has 5 nitrogen and oxygen atoms in total. The normalized spacial score (nSPS) is 23.4. The first kappa shape index (κ1) is 14.4. The minimum absolute atomic E-state index is 0.0397. The zero-order valence-corrected chi connectivity index (χ0v) is 11.7. The molecule has 0 saturated heterocycles. The van der Waals surface area contributed by atoms with Crippen LogP contribution >= 0.6 is 0 Å². The molecule has 1 saturated carbocycles. The number of benzene rings is 1. The lowest BCUT2D eigenvalue weighted by Gasteiger charge is -2.29. The Balaban J connectivity index is 2.02. The van der Waals surface area contributed by atoms with Gasteiger partial charge in [-0.2, -0.15) is 0 Å². The summed E-state index contributed by atoms with van der Waals surface area (Å²) in [6, 6.07) is 6.99. The van der Waals surface area contributed by atoms with Crippen molar-refractivity contribution in [1.82, 2.24) is 5.32 Å². The van der Waals surface area contributed by atoms with E-state index in [-0.39, 0.29) is 17.8 Å². The molecule has 1 aliphatic carbocycles. The molecular weight excluding hydrogens is 254 g/mol. The zero-order valence-electron chi connectivity index (χ0n) is 11.7. The number of rotatable bonds is 3. The van der Waals surface area contributed by atoms with Crippen molar-refractivity contribution in [3.05, 3.63) is 35.4 Å². The fraction of sp³-hybridized carbons (Fsp3) is 0.467. The van der Waals surface area contributed by atoms with Gasteiger partial charge >= 0.3 is 0 Å². The highest BCUT2D eigenvalue weighted by atomic mass is 16.4. The summed E-state index contributed by atoms with van der Waals surface area (Å²) >= 11 is 0. The summed E-state index contributed by atoms with van der Waals surface area (Å²) in [6.45, 7) is 2.19. The lowest BCUT2D eigenvalue weighted by molar-refractivity contribution is 0.0910. The molecule has 1 aromatic rings. The van der Waals surface area contributed by atoms with Crippen molar-refractivity contribution in [2.75, 3.05) is 0 Å². The van der Waals surface area contributed by atoms with Crippen molar-refractivity contribution >= 4 is 11.7 Å². The van der Waals surface area contributed by atoms with Crippen LogP contribution in [0.15, 0.2) is 29.4 Å². The van der Waals surface area contributed by atoms with Crippen LogP contribution in [0.2, 0.25) is 0 Å². The molecule has 0 aromatic heterocycles. The molecule has 1 aromatic carbocycles. The number of oxime groups is 1. The first-order valence-electron chi connectivity index (χ1n) is 7.00. The van der Waals surface area contributed by atoms with Crippen LogP contribution in [-0.4, -0.2) is 23.0 Å². The van der Waals surface area contributed by atoms with Crippen molar-refractivity contribution in [3.8, 4) is 0 Å². The summed E-state index contributed by atoms with van der Waals surface area (Å²) in [5.41, 5.74) is 6.67. The fourth-order valence-electron chi connectivity index (χ4n) is 2.63. The van der Waals surface area contributed by atoms with E-state index < -0.39 is 0 Å². The van der Waals surface area contributed by atoms with Crippen LogP contribution in [0.5, 0.6) is 0 Å². The van der Waals surface area contributed by atoms with Crippen molar-refractivity contribution in [1.29, 1.82) is 0 Å². The molecule has 2 rings (SSSR count). The van der Waals surface area contributed by atoms with Gasteiger partial charge in [0.05, 0.1) is 0 Å². The molecule has 4 N–H and O–H groups in total. The van der Waals surface area contributed by atoms with Crippen molar-refractivity contribution < 1.29 is 10.0 Å². The fourth-order valence-corrected chi connectivity index (χ4v) is 2.63. The third-order valence-corrected chi connectivity index (χ3v) is 3.98. The average Bonchev–Trinajstić information content (AvgIpc) is 2.49. The van der Waals surface area contributed by atoms with Gasteiger partial charge in [0.1, 0.15) is 0 Å². The molecule has 0 heterocycles. The highest BCUT2D eigenvalue weighted by Gasteiger charge is 2.23. The highest BCUT2D eigenvalue weighted by Crippen LogP contribution is 2.24. The topological polar surface area (TPSA) is 87.7 Å². The smallest absolute Gasteiger partial charge is 0.251 e. The second-order valence-corrected chi connectivity index (χ2v) is 5.40. The van der Waals surface area contributed by atoms with Gasteiger partial charge in [0.15, 0.2) is 5.84 Å². The maximum atomic E-state index is 12.2. The average molecular weight is 275 g/mol. The molecule has 108 valence electrons. The van der Waals surface area contributed by atoms with Gasteiger partial charge in [-0.05, 0) is 30.9 Å². The van der Waals surface area contributed by atoms with Gasteiger partial charge in [-0.15, -0.1) is 0 Å². The van der Waals surface area contributed by atoms with E-state index in [1.54, 1.807) is 24.3 Å². The predicted molar refractivity (Wildman–Crippen MR) is 77.8 cm³/mol. The first-order valence-corrected chi connectivity index (χ1v) is 7.00. The summed E-state index contributed by atoms with van der Waals surface area (Å²) in [4.78, 5) is 12.2. The Labute approximate surface area is 118 Å². The number of hydrogen-bond acceptors (Lipinski definition) is 3. The number of nitrogens with zero attached hydrogens (tertiary/aromatic N) is 1. The third kappa shape index (κ3) is 3.29. The van der Waals surface area contributed by atoms with Crippen molar-refractivity contribution in [2.24, 2.45) is 16.8 Å². The molecule has 0 aliphatic heterocycles. The van der Waals surface area contributed by atoms with Crippen molar-refractivity contribution in [2.45, 2.75) is 38.6 Å². The Morgan fingerprint density at radius 2 is 1.85 bits per heavy atom. The molecular formula is C15H21N3O2. The number of nitrogens with one attached hydrogen (secondary N) is 1. The minimum atomic E-state index is -0.0604. The van der Waals surface area contributed by atoms with E-state index in [0.29, 0.717) is 17.0 Å². The molecule has 0 radical (unpaired) electrons. The number of carbonyl (C=O) groups excluding carboxylic acids is 1. The SMILES string of the molecule is CC1CCCCC1NC(=O)c1ccc(/C(N)=N/O)cc1. The van der Waals surface area contributed by atoms with E-state index in [1.807, 2.05) is 0 Å². The standard InChI is InChI=1S/C15H21N3O2/c1-10-4-2-3-5-13(10)17-15(19)12-8-6-11(7-9-12)14(16)18-20/h6-10,13,20H,2-5H2,1H3,(H2,16,18)(H,17,19). The van der Waals surface area contributed by atoms with Crippen LogP contribution in [0.3, 0.4) is 0 Å². The summed E-state index contributed by atoms with van der Waals surface area (Å²) in [6.07, 6.45) is 4.65. The number of carbonyl (C=O) groups is 1. The molecule has 20 heavy (non-hydrogen) atoms. The monoisotopic (exact) mass is 275 g/mol. The van der Waals surface area contributed by atoms with Gasteiger partial charge in [0.2, 0.25) is 0 Å². The Bertz CT molecular complexity index is 496. The van der Waals surface area contributed by atoms with Gasteiger partial charge in [0, 0.05) is 17.2 Å². The van der Waals surface area contributed by atoms with Crippen LogP contribution < -0.4 is 11.1 Å². The first-order chi connectivity index (χ1) is 9.61. The van der Waals surface area contributed by atoms with E-state index >= 15 is 0 Å². The van der Waals surface area contributed by atoms with E-state index in [0.717, 1.165) is 6.42 Å². The van der Waals surface area contributed by atoms with Crippen molar-refractivity contribution in [3.63, 3.8) is 0 Å². The molecule has 2 atom stereocenters. The Morgan fingerprint density at radius 1 is 1.25 bits per heavy atom. The third-order valence-electron chi connectivity index (χ3n) is 3.98. The van der Waals surface area contributed by atoms with E-state index in [2.05, 4.69) is 17.4 Å². The number of amidine groups is 1. The highest BCUT2D eigenvalue weighted by molar-refractivity contribution is 5.99. The van der Waals surface area contributed by atoms with Crippen LogP contribution in [0.1, 0.15) is 48.5 Å². The van der Waals surface area contributed by atoms with Crippen LogP contribution in [-0.2, 0) is 0 Å². The molecule has 2 unspecified atom stereocenters.